The summed E-state index contributed by atoms with van der Waals surface area (Å²) in [6, 6.07) is 2.61. The maximum absolute atomic E-state index is 14.9. The lowest BCUT2D eigenvalue weighted by Crippen LogP contribution is -2.39. The SMILES string of the molecule is COc1nc2ncnn2c(N2CCCCC2C)c1-c1cc(F)c(C)cc1F. The van der Waals surface area contributed by atoms with E-state index in [-0.39, 0.29) is 23.0 Å². The molecule has 1 fully saturated rings. The van der Waals surface area contributed by atoms with Gasteiger partial charge in [0.2, 0.25) is 5.88 Å². The van der Waals surface area contributed by atoms with E-state index in [9.17, 15) is 8.78 Å². The minimum Gasteiger partial charge on any atom is -0.480 e. The Hall–Kier alpha value is -2.77. The van der Waals surface area contributed by atoms with Crippen molar-refractivity contribution in [3.63, 3.8) is 0 Å². The lowest BCUT2D eigenvalue weighted by Gasteiger charge is -2.36. The Labute approximate surface area is 155 Å². The van der Waals surface area contributed by atoms with Gasteiger partial charge in [-0.05, 0) is 50.8 Å². The van der Waals surface area contributed by atoms with Crippen LogP contribution >= 0.6 is 0 Å². The highest BCUT2D eigenvalue weighted by molar-refractivity contribution is 5.82. The molecule has 1 atom stereocenters. The zero-order valence-corrected chi connectivity index (χ0v) is 15.5. The molecule has 142 valence electrons. The second-order valence-corrected chi connectivity index (χ2v) is 6.91. The fourth-order valence-electron chi connectivity index (χ4n) is 3.71. The van der Waals surface area contributed by atoms with Gasteiger partial charge in [-0.1, -0.05) is 0 Å². The molecule has 1 saturated heterocycles. The van der Waals surface area contributed by atoms with Gasteiger partial charge in [0.25, 0.3) is 5.78 Å². The molecule has 3 aromatic rings. The van der Waals surface area contributed by atoms with E-state index >= 15 is 0 Å². The summed E-state index contributed by atoms with van der Waals surface area (Å²) in [5.74, 6) is 0.176. The normalized spacial score (nSPS) is 17.5. The highest BCUT2D eigenvalue weighted by atomic mass is 19.1. The number of aromatic nitrogens is 4. The van der Waals surface area contributed by atoms with E-state index in [4.69, 9.17) is 4.74 Å². The topological polar surface area (TPSA) is 55.6 Å². The number of halogens is 2. The van der Waals surface area contributed by atoms with Crippen LogP contribution < -0.4 is 9.64 Å². The zero-order valence-electron chi connectivity index (χ0n) is 15.5. The van der Waals surface area contributed by atoms with Crippen LogP contribution in [0.3, 0.4) is 0 Å². The first-order valence-corrected chi connectivity index (χ1v) is 9.01. The predicted octanol–water partition coefficient (Wildman–Crippen LogP) is 3.77. The first-order chi connectivity index (χ1) is 13.0. The van der Waals surface area contributed by atoms with Gasteiger partial charge >= 0.3 is 0 Å². The minimum atomic E-state index is -0.528. The van der Waals surface area contributed by atoms with Crippen molar-refractivity contribution >= 4 is 11.6 Å². The highest BCUT2D eigenvalue weighted by Gasteiger charge is 2.30. The molecule has 1 aromatic carbocycles. The maximum Gasteiger partial charge on any atom is 0.257 e. The Morgan fingerprint density at radius 3 is 2.74 bits per heavy atom. The van der Waals surface area contributed by atoms with E-state index in [1.165, 1.54) is 32.5 Å². The summed E-state index contributed by atoms with van der Waals surface area (Å²) in [5, 5.41) is 4.29. The summed E-state index contributed by atoms with van der Waals surface area (Å²) in [6.07, 6.45) is 4.54. The molecule has 27 heavy (non-hydrogen) atoms. The lowest BCUT2D eigenvalue weighted by molar-refractivity contribution is 0.398. The van der Waals surface area contributed by atoms with Crippen molar-refractivity contribution in [2.24, 2.45) is 0 Å². The van der Waals surface area contributed by atoms with Gasteiger partial charge in [-0.25, -0.2) is 8.78 Å². The van der Waals surface area contributed by atoms with Gasteiger partial charge in [0.15, 0.2) is 0 Å². The molecule has 0 bridgehead atoms. The zero-order chi connectivity index (χ0) is 19.1. The van der Waals surface area contributed by atoms with Crippen molar-refractivity contribution in [3.8, 4) is 17.0 Å². The molecule has 6 nitrogen and oxygen atoms in total. The summed E-state index contributed by atoms with van der Waals surface area (Å²) in [5.41, 5.74) is 0.742. The Bertz CT molecular complexity index is 1000. The molecule has 8 heteroatoms. The van der Waals surface area contributed by atoms with Gasteiger partial charge in [-0.3, -0.25) is 0 Å². The Morgan fingerprint density at radius 2 is 2.00 bits per heavy atom. The van der Waals surface area contributed by atoms with Crippen LogP contribution in [0.4, 0.5) is 14.6 Å². The molecule has 2 aromatic heterocycles. The maximum atomic E-state index is 14.9. The average molecular weight is 373 g/mol. The second-order valence-electron chi connectivity index (χ2n) is 6.91. The molecule has 4 rings (SSSR count). The number of anilines is 1. The molecule has 0 saturated carbocycles. The Balaban J connectivity index is 2.07. The monoisotopic (exact) mass is 373 g/mol. The van der Waals surface area contributed by atoms with Crippen molar-refractivity contribution in [2.45, 2.75) is 39.2 Å². The minimum absolute atomic E-state index is 0.104. The summed E-state index contributed by atoms with van der Waals surface area (Å²) in [4.78, 5) is 10.7. The van der Waals surface area contributed by atoms with E-state index in [2.05, 4.69) is 26.9 Å². The molecule has 1 unspecified atom stereocenters. The fourth-order valence-corrected chi connectivity index (χ4v) is 3.71. The molecule has 0 spiro atoms. The predicted molar refractivity (Wildman–Crippen MR) is 98.1 cm³/mol. The Kier molecular flexibility index (Phi) is 4.41. The third-order valence-electron chi connectivity index (χ3n) is 5.16. The van der Waals surface area contributed by atoms with Crippen molar-refractivity contribution < 1.29 is 13.5 Å². The molecular weight excluding hydrogens is 352 g/mol. The van der Waals surface area contributed by atoms with Crippen LogP contribution in [0.15, 0.2) is 18.5 Å². The molecule has 0 aliphatic carbocycles. The lowest BCUT2D eigenvalue weighted by atomic mass is 10.00. The standard InChI is InChI=1S/C19H21F2N5O/c1-11-8-15(21)13(9-14(11)20)16-17(27-3)24-19-22-10-23-26(19)18(16)25-7-5-4-6-12(25)2/h8-10,12H,4-7H2,1-3H3. The first kappa shape index (κ1) is 17.6. The van der Waals surface area contributed by atoms with Gasteiger partial charge < -0.3 is 9.64 Å². The number of fused-ring (bicyclic) bond motifs is 1. The Morgan fingerprint density at radius 1 is 1.19 bits per heavy atom. The van der Waals surface area contributed by atoms with Gasteiger partial charge in [0.05, 0.1) is 12.7 Å². The van der Waals surface area contributed by atoms with Crippen LogP contribution in [0.25, 0.3) is 16.9 Å². The van der Waals surface area contributed by atoms with E-state index in [1.807, 2.05) is 0 Å². The number of ether oxygens (including phenoxy) is 1. The summed E-state index contributed by atoms with van der Waals surface area (Å²) < 4.78 is 36.2. The third kappa shape index (κ3) is 2.89. The van der Waals surface area contributed by atoms with Crippen LogP contribution in [-0.2, 0) is 0 Å². The largest absolute Gasteiger partial charge is 0.480 e. The number of piperidine rings is 1. The van der Waals surface area contributed by atoms with E-state index in [0.717, 1.165) is 25.8 Å². The molecule has 3 heterocycles. The van der Waals surface area contributed by atoms with Gasteiger partial charge in [0.1, 0.15) is 23.8 Å². The first-order valence-electron chi connectivity index (χ1n) is 9.01. The fraction of sp³-hybridized carbons (Fsp3) is 0.421. The van der Waals surface area contributed by atoms with Gasteiger partial charge in [-0.2, -0.15) is 19.6 Å². The number of benzene rings is 1. The number of rotatable bonds is 3. The van der Waals surface area contributed by atoms with E-state index in [0.29, 0.717) is 17.2 Å². The molecule has 0 radical (unpaired) electrons. The van der Waals surface area contributed by atoms with Crippen LogP contribution in [-0.4, -0.2) is 39.3 Å². The summed E-state index contributed by atoms with van der Waals surface area (Å²) in [6.45, 7) is 4.43. The second kappa shape index (κ2) is 6.75. The number of nitrogens with zero attached hydrogens (tertiary/aromatic N) is 5. The van der Waals surface area contributed by atoms with E-state index in [1.54, 1.807) is 4.52 Å². The van der Waals surface area contributed by atoms with Crippen LogP contribution in [0.1, 0.15) is 31.7 Å². The van der Waals surface area contributed by atoms with Crippen LogP contribution in [0, 0.1) is 18.6 Å². The molecule has 0 N–H and O–H groups in total. The van der Waals surface area contributed by atoms with Crippen LogP contribution in [0.2, 0.25) is 0 Å². The molecule has 1 aliphatic rings. The van der Waals surface area contributed by atoms with Crippen molar-refractivity contribution in [3.05, 3.63) is 35.7 Å². The number of hydrogen-bond donors (Lipinski definition) is 0. The molecular formula is C19H21F2N5O. The summed E-state index contributed by atoms with van der Waals surface area (Å²) in [7, 11) is 1.46. The molecule has 0 amide bonds. The third-order valence-corrected chi connectivity index (χ3v) is 5.16. The number of methoxy groups -OCH3 is 1. The number of hydrogen-bond acceptors (Lipinski definition) is 5. The van der Waals surface area contributed by atoms with E-state index < -0.39 is 11.6 Å². The van der Waals surface area contributed by atoms with Crippen molar-refractivity contribution in [2.75, 3.05) is 18.6 Å². The number of aryl methyl sites for hydroxylation is 1. The van der Waals surface area contributed by atoms with Crippen molar-refractivity contribution in [1.82, 2.24) is 19.6 Å². The average Bonchev–Trinajstić information content (AvgIpc) is 3.12. The smallest absolute Gasteiger partial charge is 0.257 e. The highest BCUT2D eigenvalue weighted by Crippen LogP contribution is 2.41. The van der Waals surface area contributed by atoms with Gasteiger partial charge in [0, 0.05) is 18.2 Å². The van der Waals surface area contributed by atoms with Crippen molar-refractivity contribution in [1.29, 1.82) is 0 Å². The summed E-state index contributed by atoms with van der Waals surface area (Å²) >= 11 is 0. The molecule has 1 aliphatic heterocycles. The van der Waals surface area contributed by atoms with Crippen LogP contribution in [0.5, 0.6) is 5.88 Å². The van der Waals surface area contributed by atoms with Gasteiger partial charge in [-0.15, -0.1) is 0 Å². The quantitative estimate of drug-likeness (QED) is 0.700.